The fraction of sp³-hybridized carbons (Fsp3) is 0.0444. The number of aromatic nitrogens is 2. The molecule has 1 aliphatic carbocycles. The van der Waals surface area contributed by atoms with E-state index in [2.05, 4.69) is 162 Å². The second kappa shape index (κ2) is 10.7. The fourth-order valence-electron chi connectivity index (χ4n) is 7.62. The van der Waals surface area contributed by atoms with Crippen molar-refractivity contribution < 1.29 is 4.42 Å². The zero-order valence-corrected chi connectivity index (χ0v) is 26.2. The van der Waals surface area contributed by atoms with Crippen molar-refractivity contribution in [3.8, 4) is 27.9 Å². The second-order valence-corrected chi connectivity index (χ2v) is 12.6. The van der Waals surface area contributed by atoms with Gasteiger partial charge in [-0.05, 0) is 77.1 Å². The van der Waals surface area contributed by atoms with E-state index in [0.29, 0.717) is 0 Å². The predicted molar refractivity (Wildman–Crippen MR) is 201 cm³/mol. The third kappa shape index (κ3) is 4.11. The summed E-state index contributed by atoms with van der Waals surface area (Å²) in [6.07, 6.45) is 8.87. The molecule has 3 heteroatoms. The predicted octanol–water partition coefficient (Wildman–Crippen LogP) is 12.3. The molecular weight excluding hydrogens is 585 g/mol. The lowest BCUT2D eigenvalue weighted by Crippen LogP contribution is -1.95. The van der Waals surface area contributed by atoms with E-state index >= 15 is 0 Å². The van der Waals surface area contributed by atoms with Crippen LogP contribution in [-0.4, -0.2) is 9.55 Å². The average molecular weight is 615 g/mol. The zero-order valence-electron chi connectivity index (χ0n) is 26.2. The van der Waals surface area contributed by atoms with E-state index < -0.39 is 0 Å². The molecule has 10 rings (SSSR count). The Hall–Kier alpha value is -6.19. The number of nitrogens with zero attached hydrogens (tertiary/aromatic N) is 2. The Bertz CT molecular complexity index is 2780. The van der Waals surface area contributed by atoms with Crippen LogP contribution in [0.25, 0.3) is 88.2 Å². The van der Waals surface area contributed by atoms with Crippen molar-refractivity contribution in [3.63, 3.8) is 0 Å². The topological polar surface area (TPSA) is 31.0 Å². The minimum atomic E-state index is 0.875. The monoisotopic (exact) mass is 614 g/mol. The summed E-state index contributed by atoms with van der Waals surface area (Å²) < 4.78 is 9.26. The van der Waals surface area contributed by atoms with Crippen molar-refractivity contribution >= 4 is 60.2 Å². The number of benzene rings is 6. The van der Waals surface area contributed by atoms with E-state index in [9.17, 15) is 0 Å². The lowest BCUT2D eigenvalue weighted by molar-refractivity contribution is 0.666. The van der Waals surface area contributed by atoms with Crippen molar-refractivity contribution in [2.24, 2.45) is 0 Å². The van der Waals surface area contributed by atoms with Crippen LogP contribution in [-0.2, 0) is 0 Å². The number of allylic oxidation sites excluding steroid dienone is 4. The largest absolute Gasteiger partial charge is 0.454 e. The number of furan rings is 1. The molecular formula is C45H30N2O. The molecule has 0 saturated heterocycles. The van der Waals surface area contributed by atoms with Gasteiger partial charge in [-0.2, -0.15) is 0 Å². The molecule has 226 valence electrons. The third-order valence-corrected chi connectivity index (χ3v) is 9.82. The van der Waals surface area contributed by atoms with Crippen LogP contribution in [0.3, 0.4) is 0 Å². The zero-order chi connectivity index (χ0) is 31.6. The van der Waals surface area contributed by atoms with E-state index in [0.717, 1.165) is 73.7 Å². The van der Waals surface area contributed by atoms with Gasteiger partial charge in [-0.25, -0.2) is 4.98 Å². The Kier molecular flexibility index (Phi) is 6.00. The lowest BCUT2D eigenvalue weighted by Gasteiger charge is -2.13. The van der Waals surface area contributed by atoms with Gasteiger partial charge in [-0.1, -0.05) is 121 Å². The summed E-state index contributed by atoms with van der Waals surface area (Å²) in [4.78, 5) is 5.10. The van der Waals surface area contributed by atoms with Gasteiger partial charge in [0, 0.05) is 26.9 Å². The van der Waals surface area contributed by atoms with Gasteiger partial charge in [0.15, 0.2) is 5.58 Å². The minimum Gasteiger partial charge on any atom is -0.454 e. The maximum atomic E-state index is 6.88. The molecule has 0 spiro atoms. The first kappa shape index (κ1) is 27.0. The van der Waals surface area contributed by atoms with E-state index in [1.165, 1.54) is 33.0 Å². The van der Waals surface area contributed by atoms with Crippen molar-refractivity contribution in [2.45, 2.75) is 12.8 Å². The molecule has 48 heavy (non-hydrogen) atoms. The van der Waals surface area contributed by atoms with E-state index in [1.54, 1.807) is 0 Å². The van der Waals surface area contributed by atoms with Crippen LogP contribution in [0, 0.1) is 0 Å². The Morgan fingerprint density at radius 3 is 2.25 bits per heavy atom. The quantitative estimate of drug-likeness (QED) is 0.197. The molecule has 3 heterocycles. The summed E-state index contributed by atoms with van der Waals surface area (Å²) in [5.41, 5.74) is 13.0. The summed E-state index contributed by atoms with van der Waals surface area (Å²) in [5.74, 6) is 0. The highest BCUT2D eigenvalue weighted by atomic mass is 16.3. The standard InChI is InChI=1S/C45H30N2O/c1-3-13-29(14-4-1)31-25-26-34-33-18-8-10-22-40(33)47(42(34)27-31)41-23-11-20-36-44-35(19-12-24-43(44)48-45(36)41)37-28-39(30-15-5-2-6-16-30)46-38-21-9-7-17-32(37)38/h1,3-5,7-28H,2,6H2. The molecule has 6 aromatic carbocycles. The van der Waals surface area contributed by atoms with E-state index in [-0.39, 0.29) is 0 Å². The van der Waals surface area contributed by atoms with Gasteiger partial charge in [0.25, 0.3) is 0 Å². The Balaban J connectivity index is 1.25. The first-order valence-corrected chi connectivity index (χ1v) is 16.6. The summed E-state index contributed by atoms with van der Waals surface area (Å²) in [6.45, 7) is 0. The summed E-state index contributed by atoms with van der Waals surface area (Å²) >= 11 is 0. The molecule has 0 N–H and O–H groups in total. The molecule has 0 radical (unpaired) electrons. The maximum absolute atomic E-state index is 6.88. The smallest absolute Gasteiger partial charge is 0.159 e. The molecule has 9 aromatic rings. The molecule has 3 aromatic heterocycles. The number of hydrogen-bond acceptors (Lipinski definition) is 2. The van der Waals surface area contributed by atoms with Gasteiger partial charge < -0.3 is 8.98 Å². The van der Waals surface area contributed by atoms with Crippen LogP contribution in [0.15, 0.2) is 162 Å². The van der Waals surface area contributed by atoms with Gasteiger partial charge in [-0.15, -0.1) is 0 Å². The summed E-state index contributed by atoms with van der Waals surface area (Å²) in [5, 5.41) is 5.80. The van der Waals surface area contributed by atoms with Crippen LogP contribution in [0.4, 0.5) is 0 Å². The Morgan fingerprint density at radius 1 is 0.562 bits per heavy atom. The van der Waals surface area contributed by atoms with E-state index in [1.807, 2.05) is 0 Å². The van der Waals surface area contributed by atoms with Gasteiger partial charge >= 0.3 is 0 Å². The molecule has 0 saturated carbocycles. The second-order valence-electron chi connectivity index (χ2n) is 12.6. The van der Waals surface area contributed by atoms with Crippen LogP contribution < -0.4 is 0 Å². The summed E-state index contributed by atoms with van der Waals surface area (Å²) in [7, 11) is 0. The van der Waals surface area contributed by atoms with Gasteiger partial charge in [0.1, 0.15) is 5.58 Å². The van der Waals surface area contributed by atoms with Crippen LogP contribution in [0.5, 0.6) is 0 Å². The first-order chi connectivity index (χ1) is 23.8. The highest BCUT2D eigenvalue weighted by Crippen LogP contribution is 2.43. The number of fused-ring (bicyclic) bond motifs is 7. The van der Waals surface area contributed by atoms with E-state index in [4.69, 9.17) is 9.40 Å². The number of pyridine rings is 1. The molecule has 0 aliphatic heterocycles. The highest BCUT2D eigenvalue weighted by molar-refractivity contribution is 6.18. The summed E-state index contributed by atoms with van der Waals surface area (Å²) in [6, 6.07) is 49.8. The fourth-order valence-corrected chi connectivity index (χ4v) is 7.62. The van der Waals surface area contributed by atoms with Crippen LogP contribution in [0.2, 0.25) is 0 Å². The molecule has 1 aliphatic rings. The van der Waals surface area contributed by atoms with Gasteiger partial charge in [0.2, 0.25) is 0 Å². The van der Waals surface area contributed by atoms with Crippen molar-refractivity contribution in [1.82, 2.24) is 9.55 Å². The Labute approximate surface area is 277 Å². The number of hydrogen-bond donors (Lipinski definition) is 0. The lowest BCUT2D eigenvalue weighted by atomic mass is 9.94. The molecule has 0 amide bonds. The molecule has 0 fully saturated rings. The van der Waals surface area contributed by atoms with Gasteiger partial charge in [-0.3, -0.25) is 0 Å². The van der Waals surface area contributed by atoms with Crippen molar-refractivity contribution in [3.05, 3.63) is 163 Å². The highest BCUT2D eigenvalue weighted by Gasteiger charge is 2.21. The maximum Gasteiger partial charge on any atom is 0.159 e. The number of para-hydroxylation sites is 3. The van der Waals surface area contributed by atoms with Crippen molar-refractivity contribution in [1.29, 1.82) is 0 Å². The molecule has 0 bridgehead atoms. The van der Waals surface area contributed by atoms with Crippen LogP contribution >= 0.6 is 0 Å². The van der Waals surface area contributed by atoms with Crippen molar-refractivity contribution in [2.75, 3.05) is 0 Å². The Morgan fingerprint density at radius 2 is 1.35 bits per heavy atom. The molecule has 0 atom stereocenters. The van der Waals surface area contributed by atoms with Gasteiger partial charge in [0.05, 0.1) is 27.9 Å². The third-order valence-electron chi connectivity index (χ3n) is 9.82. The average Bonchev–Trinajstić information content (AvgIpc) is 3.71. The minimum absolute atomic E-state index is 0.875. The normalized spacial score (nSPS) is 13.3. The SMILES string of the molecule is C1=CC(c2cc(-c3cccc4oc5c(-n6c7ccccc7c7ccc(-c8ccccc8)cc76)cccc5c34)c3ccccc3n2)=CCC1. The first-order valence-electron chi connectivity index (χ1n) is 16.6. The molecule has 0 unspecified atom stereocenters. The molecule has 3 nitrogen and oxygen atoms in total. The number of rotatable bonds is 4. The van der Waals surface area contributed by atoms with Crippen LogP contribution in [0.1, 0.15) is 18.5 Å².